The fourth-order valence-electron chi connectivity index (χ4n) is 2.15. The Kier molecular flexibility index (Phi) is 5.74. The van der Waals surface area contributed by atoms with Crippen LogP contribution in [0.15, 0.2) is 18.2 Å². The Morgan fingerprint density at radius 3 is 2.50 bits per heavy atom. The Balaban J connectivity index is 2.52. The number of rotatable bonds is 6. The van der Waals surface area contributed by atoms with Crippen LogP contribution in [0.4, 0.5) is 0 Å². The molecule has 1 amide bonds. The first-order valence-corrected chi connectivity index (χ1v) is 6.84. The number of aryl methyl sites for hydroxylation is 3. The molecule has 0 saturated carbocycles. The molecule has 0 aliphatic rings. The third kappa shape index (κ3) is 4.68. The van der Waals surface area contributed by atoms with Gasteiger partial charge in [0.2, 0.25) is 5.91 Å². The van der Waals surface area contributed by atoms with Crippen molar-refractivity contribution in [1.29, 1.82) is 0 Å². The molecule has 1 N–H and O–H groups in total. The lowest BCUT2D eigenvalue weighted by molar-refractivity contribution is -0.142. The Morgan fingerprint density at radius 2 is 1.95 bits per heavy atom. The molecule has 1 rings (SSSR count). The molecule has 1 atom stereocenters. The van der Waals surface area contributed by atoms with E-state index in [1.54, 1.807) is 14.0 Å². The molecule has 0 saturated heterocycles. The van der Waals surface area contributed by atoms with Gasteiger partial charge in [0.05, 0.1) is 5.92 Å². The zero-order valence-electron chi connectivity index (χ0n) is 12.6. The van der Waals surface area contributed by atoms with E-state index < -0.39 is 11.9 Å². The van der Waals surface area contributed by atoms with E-state index in [-0.39, 0.29) is 12.5 Å². The van der Waals surface area contributed by atoms with Crippen molar-refractivity contribution in [2.75, 3.05) is 13.6 Å². The fraction of sp³-hybridized carbons (Fsp3) is 0.500. The third-order valence-corrected chi connectivity index (χ3v) is 3.50. The molecule has 0 bridgehead atoms. The van der Waals surface area contributed by atoms with Crippen LogP contribution < -0.4 is 0 Å². The molecule has 0 fully saturated rings. The molecule has 0 aliphatic heterocycles. The number of carboxylic acids is 1. The maximum atomic E-state index is 12.0. The molecule has 20 heavy (non-hydrogen) atoms. The van der Waals surface area contributed by atoms with Crippen molar-refractivity contribution >= 4 is 11.9 Å². The van der Waals surface area contributed by atoms with Crippen LogP contribution in [-0.4, -0.2) is 35.5 Å². The van der Waals surface area contributed by atoms with Crippen LogP contribution in [0.5, 0.6) is 0 Å². The molecule has 4 nitrogen and oxygen atoms in total. The average molecular weight is 277 g/mol. The maximum absolute atomic E-state index is 12.0. The van der Waals surface area contributed by atoms with Crippen LogP contribution in [-0.2, 0) is 16.0 Å². The summed E-state index contributed by atoms with van der Waals surface area (Å²) < 4.78 is 0. The summed E-state index contributed by atoms with van der Waals surface area (Å²) in [5.74, 6) is -1.43. The van der Waals surface area contributed by atoms with E-state index in [0.717, 1.165) is 0 Å². The van der Waals surface area contributed by atoms with Crippen LogP contribution in [0.3, 0.4) is 0 Å². The van der Waals surface area contributed by atoms with Gasteiger partial charge in [-0.15, -0.1) is 0 Å². The molecule has 0 aliphatic carbocycles. The van der Waals surface area contributed by atoms with E-state index >= 15 is 0 Å². The van der Waals surface area contributed by atoms with Gasteiger partial charge in [-0.3, -0.25) is 9.59 Å². The van der Waals surface area contributed by atoms with Gasteiger partial charge in [0.25, 0.3) is 0 Å². The van der Waals surface area contributed by atoms with Gasteiger partial charge in [-0.2, -0.15) is 0 Å². The molecular weight excluding hydrogens is 254 g/mol. The lowest BCUT2D eigenvalue weighted by Crippen LogP contribution is -2.33. The Bertz CT molecular complexity index is 496. The predicted molar refractivity (Wildman–Crippen MR) is 78.7 cm³/mol. The molecule has 4 heteroatoms. The summed E-state index contributed by atoms with van der Waals surface area (Å²) in [4.78, 5) is 24.3. The van der Waals surface area contributed by atoms with Crippen LogP contribution in [0.1, 0.15) is 30.0 Å². The van der Waals surface area contributed by atoms with Crippen molar-refractivity contribution in [1.82, 2.24) is 4.90 Å². The monoisotopic (exact) mass is 277 g/mol. The highest BCUT2D eigenvalue weighted by Crippen LogP contribution is 2.13. The zero-order chi connectivity index (χ0) is 15.3. The first kappa shape index (κ1) is 16.2. The number of aliphatic carboxylic acids is 1. The lowest BCUT2D eigenvalue weighted by atomic mass is 10.0. The number of amides is 1. The molecule has 0 heterocycles. The van der Waals surface area contributed by atoms with Gasteiger partial charge in [-0.25, -0.2) is 0 Å². The number of nitrogens with zero attached hydrogens (tertiary/aromatic N) is 1. The molecule has 110 valence electrons. The van der Waals surface area contributed by atoms with Crippen molar-refractivity contribution in [2.24, 2.45) is 5.92 Å². The molecular formula is C16H23NO3. The van der Waals surface area contributed by atoms with Crippen molar-refractivity contribution in [3.05, 3.63) is 34.9 Å². The van der Waals surface area contributed by atoms with Gasteiger partial charge in [0.15, 0.2) is 0 Å². The summed E-state index contributed by atoms with van der Waals surface area (Å²) in [5, 5.41) is 8.84. The van der Waals surface area contributed by atoms with Gasteiger partial charge >= 0.3 is 5.97 Å². The summed E-state index contributed by atoms with van der Waals surface area (Å²) in [7, 11) is 1.66. The molecule has 0 radical (unpaired) electrons. The number of benzene rings is 1. The second-order valence-corrected chi connectivity index (χ2v) is 5.44. The minimum absolute atomic E-state index is 0.0157. The van der Waals surface area contributed by atoms with Crippen LogP contribution in [0, 0.1) is 19.8 Å². The summed E-state index contributed by atoms with van der Waals surface area (Å²) in [6, 6.07) is 6.21. The highest BCUT2D eigenvalue weighted by Gasteiger charge is 2.17. The summed E-state index contributed by atoms with van der Waals surface area (Å²) in [5.41, 5.74) is 3.58. The summed E-state index contributed by atoms with van der Waals surface area (Å²) in [6.07, 6.45) is 1.10. The van der Waals surface area contributed by atoms with E-state index in [1.807, 2.05) is 19.9 Å². The standard InChI is InChI=1S/C16H23NO3/c1-11-5-6-14(12(2)9-11)7-8-15(18)17(4)10-13(3)16(19)20/h5-6,9,13H,7-8,10H2,1-4H3,(H,19,20)/t13-/m1/s1. The van der Waals surface area contributed by atoms with Gasteiger partial charge in [0, 0.05) is 20.0 Å². The first-order chi connectivity index (χ1) is 9.31. The van der Waals surface area contributed by atoms with Gasteiger partial charge in [-0.1, -0.05) is 30.7 Å². The van der Waals surface area contributed by atoms with Crippen molar-refractivity contribution in [3.63, 3.8) is 0 Å². The largest absolute Gasteiger partial charge is 0.481 e. The predicted octanol–water partition coefficient (Wildman–Crippen LogP) is 2.42. The second kappa shape index (κ2) is 7.08. The van der Waals surface area contributed by atoms with Crippen molar-refractivity contribution < 1.29 is 14.7 Å². The van der Waals surface area contributed by atoms with Crippen LogP contribution >= 0.6 is 0 Å². The number of carboxylic acid groups (broad SMARTS) is 1. The van der Waals surface area contributed by atoms with Crippen molar-refractivity contribution in [3.8, 4) is 0 Å². The Morgan fingerprint density at radius 1 is 1.30 bits per heavy atom. The molecule has 1 aromatic rings. The van der Waals surface area contributed by atoms with Gasteiger partial charge in [-0.05, 0) is 31.4 Å². The zero-order valence-corrected chi connectivity index (χ0v) is 12.6. The first-order valence-electron chi connectivity index (χ1n) is 6.84. The number of carbonyl (C=O) groups excluding carboxylic acids is 1. The van der Waals surface area contributed by atoms with Crippen molar-refractivity contribution in [2.45, 2.75) is 33.6 Å². The smallest absolute Gasteiger partial charge is 0.308 e. The molecule has 1 aromatic carbocycles. The van der Waals surface area contributed by atoms with E-state index in [1.165, 1.54) is 21.6 Å². The molecule has 0 spiro atoms. The second-order valence-electron chi connectivity index (χ2n) is 5.44. The lowest BCUT2D eigenvalue weighted by Gasteiger charge is -2.19. The number of hydrogen-bond donors (Lipinski definition) is 1. The van der Waals surface area contributed by atoms with E-state index in [4.69, 9.17) is 5.11 Å². The topological polar surface area (TPSA) is 57.6 Å². The molecule has 0 aromatic heterocycles. The molecule has 0 unspecified atom stereocenters. The Labute approximate surface area is 120 Å². The highest BCUT2D eigenvalue weighted by molar-refractivity contribution is 5.77. The maximum Gasteiger partial charge on any atom is 0.308 e. The van der Waals surface area contributed by atoms with Gasteiger partial charge < -0.3 is 10.0 Å². The van der Waals surface area contributed by atoms with Crippen LogP contribution in [0.2, 0.25) is 0 Å². The summed E-state index contributed by atoms with van der Waals surface area (Å²) >= 11 is 0. The minimum atomic E-state index is -0.876. The SMILES string of the molecule is Cc1ccc(CCC(=O)N(C)C[C@@H](C)C(=O)O)c(C)c1. The fourth-order valence-corrected chi connectivity index (χ4v) is 2.15. The third-order valence-electron chi connectivity index (χ3n) is 3.50. The normalized spacial score (nSPS) is 12.0. The van der Waals surface area contributed by atoms with Gasteiger partial charge in [0.1, 0.15) is 0 Å². The van der Waals surface area contributed by atoms with E-state index in [2.05, 4.69) is 12.1 Å². The van der Waals surface area contributed by atoms with E-state index in [9.17, 15) is 9.59 Å². The minimum Gasteiger partial charge on any atom is -0.481 e. The Hall–Kier alpha value is -1.84. The highest BCUT2D eigenvalue weighted by atomic mass is 16.4. The average Bonchev–Trinajstić information content (AvgIpc) is 2.37. The quantitative estimate of drug-likeness (QED) is 0.868. The summed E-state index contributed by atoms with van der Waals surface area (Å²) in [6.45, 7) is 5.95. The number of hydrogen-bond acceptors (Lipinski definition) is 2. The van der Waals surface area contributed by atoms with E-state index in [0.29, 0.717) is 12.8 Å². The number of carbonyl (C=O) groups is 2. The van der Waals surface area contributed by atoms with Crippen LogP contribution in [0.25, 0.3) is 0 Å².